The Kier molecular flexibility index (Phi) is 9.16. The fourth-order valence-corrected chi connectivity index (χ4v) is 2.90. The van der Waals surface area contributed by atoms with Gasteiger partial charge in [-0.15, -0.1) is 0 Å². The zero-order chi connectivity index (χ0) is 16.4. The summed E-state index contributed by atoms with van der Waals surface area (Å²) in [6, 6.07) is 2.81. The quantitative estimate of drug-likeness (QED) is 0.541. The topological polar surface area (TPSA) is 39.7 Å². The molecule has 0 saturated carbocycles. The van der Waals surface area contributed by atoms with Gasteiger partial charge in [0.1, 0.15) is 0 Å². The van der Waals surface area contributed by atoms with Crippen LogP contribution in [0.15, 0.2) is 21.8 Å². The lowest BCUT2D eigenvalue weighted by atomic mass is 10.1. The summed E-state index contributed by atoms with van der Waals surface area (Å²) in [5.74, 6) is 1.38. The summed E-state index contributed by atoms with van der Waals surface area (Å²) in [5.41, 5.74) is 1.38. The monoisotopic (exact) mass is 324 g/mol. The van der Waals surface area contributed by atoms with Crippen molar-refractivity contribution in [2.24, 2.45) is 4.99 Å². The van der Waals surface area contributed by atoms with E-state index in [0.717, 1.165) is 32.1 Å². The SMILES string of the molecule is CCNC(=NCC(C)c1ccsc1)NCCN(C)C(C)CC. The van der Waals surface area contributed by atoms with Crippen molar-refractivity contribution in [1.29, 1.82) is 0 Å². The molecule has 0 bridgehead atoms. The van der Waals surface area contributed by atoms with Crippen molar-refractivity contribution in [3.8, 4) is 0 Å². The normalized spacial score (nSPS) is 14.9. The van der Waals surface area contributed by atoms with E-state index in [9.17, 15) is 0 Å². The molecular formula is C17H32N4S. The molecule has 0 fully saturated rings. The largest absolute Gasteiger partial charge is 0.357 e. The van der Waals surface area contributed by atoms with Crippen molar-refractivity contribution in [2.75, 3.05) is 33.2 Å². The maximum atomic E-state index is 4.71. The molecule has 0 amide bonds. The molecule has 4 nitrogen and oxygen atoms in total. The van der Waals surface area contributed by atoms with Gasteiger partial charge < -0.3 is 15.5 Å². The molecular weight excluding hydrogens is 292 g/mol. The molecule has 0 saturated heterocycles. The molecule has 2 atom stereocenters. The average molecular weight is 325 g/mol. The highest BCUT2D eigenvalue weighted by Gasteiger charge is 2.08. The van der Waals surface area contributed by atoms with Crippen molar-refractivity contribution < 1.29 is 0 Å². The molecule has 0 aliphatic heterocycles. The summed E-state index contributed by atoms with van der Waals surface area (Å²) in [6.45, 7) is 12.5. The molecule has 0 aliphatic rings. The smallest absolute Gasteiger partial charge is 0.191 e. The van der Waals surface area contributed by atoms with Gasteiger partial charge in [-0.05, 0) is 49.7 Å². The van der Waals surface area contributed by atoms with Crippen LogP contribution in [-0.4, -0.2) is 50.1 Å². The van der Waals surface area contributed by atoms with E-state index in [1.807, 2.05) is 0 Å². The Morgan fingerprint density at radius 1 is 1.32 bits per heavy atom. The standard InChI is InChI=1S/C17H32N4S/c1-6-15(4)21(5)10-9-19-17(18-7-2)20-12-14(3)16-8-11-22-13-16/h8,11,13-15H,6-7,9-10,12H2,1-5H3,(H2,18,19,20). The predicted molar refractivity (Wildman–Crippen MR) is 99.1 cm³/mol. The number of nitrogens with one attached hydrogen (secondary N) is 2. The molecule has 2 N–H and O–H groups in total. The van der Waals surface area contributed by atoms with Crippen LogP contribution in [0.25, 0.3) is 0 Å². The molecule has 126 valence electrons. The number of hydrogen-bond donors (Lipinski definition) is 2. The van der Waals surface area contributed by atoms with Gasteiger partial charge >= 0.3 is 0 Å². The van der Waals surface area contributed by atoms with E-state index in [0.29, 0.717) is 12.0 Å². The molecule has 5 heteroatoms. The highest BCUT2D eigenvalue weighted by atomic mass is 32.1. The van der Waals surface area contributed by atoms with Crippen LogP contribution in [0.2, 0.25) is 0 Å². The average Bonchev–Trinajstić information content (AvgIpc) is 3.05. The van der Waals surface area contributed by atoms with Crippen LogP contribution in [0.3, 0.4) is 0 Å². The summed E-state index contributed by atoms with van der Waals surface area (Å²) in [7, 11) is 2.18. The number of nitrogens with zero attached hydrogens (tertiary/aromatic N) is 2. The molecule has 1 aromatic rings. The predicted octanol–water partition coefficient (Wildman–Crippen LogP) is 3.14. The van der Waals surface area contributed by atoms with Crippen LogP contribution >= 0.6 is 11.3 Å². The number of likely N-dealkylation sites (N-methyl/N-ethyl adjacent to an activating group) is 1. The van der Waals surface area contributed by atoms with Gasteiger partial charge in [0.05, 0.1) is 0 Å². The number of aliphatic imine (C=N–C) groups is 1. The third-order valence-corrected chi connectivity index (χ3v) is 4.78. The lowest BCUT2D eigenvalue weighted by molar-refractivity contribution is 0.255. The second-order valence-electron chi connectivity index (χ2n) is 5.84. The number of hydrogen-bond acceptors (Lipinski definition) is 3. The third kappa shape index (κ3) is 6.79. The molecule has 1 heterocycles. The van der Waals surface area contributed by atoms with Crippen molar-refractivity contribution in [1.82, 2.24) is 15.5 Å². The first-order valence-corrected chi connectivity index (χ1v) is 9.27. The Morgan fingerprint density at radius 3 is 2.68 bits per heavy atom. The summed E-state index contributed by atoms with van der Waals surface area (Å²) in [5, 5.41) is 11.1. The molecule has 0 spiro atoms. The summed E-state index contributed by atoms with van der Waals surface area (Å²) in [6.07, 6.45) is 1.18. The van der Waals surface area contributed by atoms with Gasteiger partial charge in [-0.3, -0.25) is 4.99 Å². The van der Waals surface area contributed by atoms with Gasteiger partial charge in [0.2, 0.25) is 0 Å². The van der Waals surface area contributed by atoms with E-state index < -0.39 is 0 Å². The van der Waals surface area contributed by atoms with E-state index in [1.54, 1.807) is 11.3 Å². The Bertz CT molecular complexity index is 416. The van der Waals surface area contributed by atoms with Crippen molar-refractivity contribution in [2.45, 2.75) is 46.1 Å². The molecule has 2 unspecified atom stereocenters. The van der Waals surface area contributed by atoms with Gasteiger partial charge in [0, 0.05) is 38.1 Å². The molecule has 0 aromatic carbocycles. The highest BCUT2D eigenvalue weighted by molar-refractivity contribution is 7.07. The Hall–Kier alpha value is -1.07. The minimum Gasteiger partial charge on any atom is -0.357 e. The van der Waals surface area contributed by atoms with Gasteiger partial charge in [-0.25, -0.2) is 0 Å². The zero-order valence-corrected chi connectivity index (χ0v) is 15.5. The molecule has 1 rings (SSSR count). The van der Waals surface area contributed by atoms with Crippen LogP contribution in [0, 0.1) is 0 Å². The molecule has 0 radical (unpaired) electrons. The van der Waals surface area contributed by atoms with Crippen molar-refractivity contribution in [3.63, 3.8) is 0 Å². The number of rotatable bonds is 9. The lowest BCUT2D eigenvalue weighted by Crippen LogP contribution is -2.42. The van der Waals surface area contributed by atoms with E-state index >= 15 is 0 Å². The van der Waals surface area contributed by atoms with E-state index in [4.69, 9.17) is 4.99 Å². The van der Waals surface area contributed by atoms with Crippen molar-refractivity contribution in [3.05, 3.63) is 22.4 Å². The second kappa shape index (κ2) is 10.6. The summed E-state index contributed by atoms with van der Waals surface area (Å²) in [4.78, 5) is 7.09. The Labute approximate surface area is 140 Å². The Balaban J connectivity index is 2.42. The number of thiophene rings is 1. The maximum Gasteiger partial charge on any atom is 0.191 e. The fraction of sp³-hybridized carbons (Fsp3) is 0.706. The third-order valence-electron chi connectivity index (χ3n) is 4.08. The van der Waals surface area contributed by atoms with E-state index in [2.05, 4.69) is 67.1 Å². The maximum absolute atomic E-state index is 4.71. The second-order valence-corrected chi connectivity index (χ2v) is 6.62. The van der Waals surface area contributed by atoms with Crippen LogP contribution in [0.1, 0.15) is 45.6 Å². The van der Waals surface area contributed by atoms with Crippen LogP contribution in [0.5, 0.6) is 0 Å². The van der Waals surface area contributed by atoms with Crippen LogP contribution < -0.4 is 10.6 Å². The zero-order valence-electron chi connectivity index (χ0n) is 14.7. The minimum atomic E-state index is 0.462. The van der Waals surface area contributed by atoms with Gasteiger partial charge in [-0.1, -0.05) is 13.8 Å². The van der Waals surface area contributed by atoms with Crippen LogP contribution in [0.4, 0.5) is 0 Å². The summed E-state index contributed by atoms with van der Waals surface area (Å²) < 4.78 is 0. The van der Waals surface area contributed by atoms with Crippen molar-refractivity contribution >= 4 is 17.3 Å². The Morgan fingerprint density at radius 2 is 2.09 bits per heavy atom. The fourth-order valence-electron chi connectivity index (χ4n) is 2.11. The van der Waals surface area contributed by atoms with E-state index in [-0.39, 0.29) is 0 Å². The first-order valence-electron chi connectivity index (χ1n) is 8.32. The van der Waals surface area contributed by atoms with Gasteiger partial charge in [0.25, 0.3) is 0 Å². The molecule has 0 aliphatic carbocycles. The van der Waals surface area contributed by atoms with Gasteiger partial charge in [-0.2, -0.15) is 11.3 Å². The number of guanidine groups is 1. The minimum absolute atomic E-state index is 0.462. The summed E-state index contributed by atoms with van der Waals surface area (Å²) >= 11 is 1.75. The molecule has 1 aromatic heterocycles. The first kappa shape index (κ1) is 19.0. The van der Waals surface area contributed by atoms with Gasteiger partial charge in [0.15, 0.2) is 5.96 Å². The van der Waals surface area contributed by atoms with Crippen LogP contribution in [-0.2, 0) is 0 Å². The van der Waals surface area contributed by atoms with E-state index in [1.165, 1.54) is 12.0 Å². The highest BCUT2D eigenvalue weighted by Crippen LogP contribution is 2.18. The lowest BCUT2D eigenvalue weighted by Gasteiger charge is -2.24. The first-order chi connectivity index (χ1) is 10.6. The molecule has 22 heavy (non-hydrogen) atoms.